The van der Waals surface area contributed by atoms with Crippen molar-refractivity contribution in [2.24, 2.45) is 0 Å². The van der Waals surface area contributed by atoms with Gasteiger partial charge in [-0.15, -0.1) is 0 Å². The van der Waals surface area contributed by atoms with Gasteiger partial charge in [-0.25, -0.2) is 4.79 Å². The summed E-state index contributed by atoms with van der Waals surface area (Å²) in [5.41, 5.74) is 1.34. The highest BCUT2D eigenvalue weighted by Crippen LogP contribution is 2.14. The number of benzene rings is 1. The number of hydrogen-bond acceptors (Lipinski definition) is 5. The largest absolute Gasteiger partial charge is 0.447 e. The Kier molecular flexibility index (Phi) is 5.16. The third-order valence-corrected chi connectivity index (χ3v) is 3.26. The van der Waals surface area contributed by atoms with Crippen molar-refractivity contribution in [3.63, 3.8) is 0 Å². The molecule has 0 spiro atoms. The van der Waals surface area contributed by atoms with Crippen molar-refractivity contribution in [3.05, 3.63) is 52.4 Å². The molecule has 0 fully saturated rings. The van der Waals surface area contributed by atoms with Crippen LogP contribution in [0.15, 0.2) is 34.9 Å². The highest BCUT2D eigenvalue weighted by Gasteiger charge is 2.21. The van der Waals surface area contributed by atoms with Gasteiger partial charge >= 0.3 is 5.97 Å². The number of halogens is 1. The Labute approximate surface area is 132 Å². The summed E-state index contributed by atoms with van der Waals surface area (Å²) in [5.74, 6) is -1.20. The zero-order valence-electron chi connectivity index (χ0n) is 12.1. The molecule has 0 saturated carbocycles. The molecule has 1 N–H and O–H groups in total. The second-order valence-corrected chi connectivity index (χ2v) is 5.10. The molecule has 116 valence electrons. The Morgan fingerprint density at radius 1 is 1.41 bits per heavy atom. The fourth-order valence-electron chi connectivity index (χ4n) is 1.70. The van der Waals surface area contributed by atoms with E-state index in [0.717, 1.165) is 5.56 Å². The molecule has 0 aliphatic carbocycles. The maximum Gasteiger partial charge on any atom is 0.377 e. The smallest absolute Gasteiger partial charge is 0.377 e. The standard InChI is InChI=1S/C15H15ClN2O4/c1-9-7-13(22-18-9)15(20)21-10(2)14(19)17-8-11-5-3-4-6-12(11)16/h3-7,10H,8H2,1-2H3,(H,17,19)/t10-/m1/s1. The minimum absolute atomic E-state index is 0.0387. The van der Waals surface area contributed by atoms with Crippen molar-refractivity contribution >= 4 is 23.5 Å². The van der Waals surface area contributed by atoms with Crippen molar-refractivity contribution in [1.82, 2.24) is 10.5 Å². The van der Waals surface area contributed by atoms with Gasteiger partial charge in [0.15, 0.2) is 6.10 Å². The molecule has 0 bridgehead atoms. The second-order valence-electron chi connectivity index (χ2n) is 4.69. The van der Waals surface area contributed by atoms with E-state index in [2.05, 4.69) is 10.5 Å². The Morgan fingerprint density at radius 3 is 2.77 bits per heavy atom. The first-order chi connectivity index (χ1) is 10.5. The van der Waals surface area contributed by atoms with Crippen LogP contribution in [0.5, 0.6) is 0 Å². The van der Waals surface area contributed by atoms with Crippen molar-refractivity contribution < 1.29 is 18.8 Å². The van der Waals surface area contributed by atoms with Crippen LogP contribution in [-0.2, 0) is 16.1 Å². The fraction of sp³-hybridized carbons (Fsp3) is 0.267. The van der Waals surface area contributed by atoms with E-state index in [4.69, 9.17) is 20.9 Å². The van der Waals surface area contributed by atoms with Crippen LogP contribution in [0.25, 0.3) is 0 Å². The van der Waals surface area contributed by atoms with E-state index in [9.17, 15) is 9.59 Å². The molecule has 0 radical (unpaired) electrons. The molecule has 1 aromatic carbocycles. The molecular formula is C15H15ClN2O4. The van der Waals surface area contributed by atoms with Gasteiger partial charge in [0.2, 0.25) is 5.76 Å². The number of aromatic nitrogens is 1. The van der Waals surface area contributed by atoms with Crippen molar-refractivity contribution in [2.75, 3.05) is 0 Å². The van der Waals surface area contributed by atoms with Gasteiger partial charge in [-0.3, -0.25) is 4.79 Å². The van der Waals surface area contributed by atoms with Gasteiger partial charge in [0.1, 0.15) is 0 Å². The predicted molar refractivity (Wildman–Crippen MR) is 79.4 cm³/mol. The summed E-state index contributed by atoms with van der Waals surface area (Å²) in [7, 11) is 0. The second kappa shape index (κ2) is 7.09. The molecule has 22 heavy (non-hydrogen) atoms. The van der Waals surface area contributed by atoms with E-state index in [1.807, 2.05) is 6.07 Å². The number of amides is 1. The first-order valence-corrected chi connectivity index (χ1v) is 7.00. The molecule has 6 nitrogen and oxygen atoms in total. The quantitative estimate of drug-likeness (QED) is 0.855. The number of ether oxygens (including phenoxy) is 1. The van der Waals surface area contributed by atoms with Crippen LogP contribution >= 0.6 is 11.6 Å². The van der Waals surface area contributed by atoms with Crippen LogP contribution in [0, 0.1) is 6.92 Å². The lowest BCUT2D eigenvalue weighted by Gasteiger charge is -2.13. The average Bonchev–Trinajstić information content (AvgIpc) is 2.92. The lowest BCUT2D eigenvalue weighted by Crippen LogP contribution is -2.35. The Bertz CT molecular complexity index is 684. The molecule has 1 aromatic heterocycles. The summed E-state index contributed by atoms with van der Waals surface area (Å²) in [6, 6.07) is 8.60. The van der Waals surface area contributed by atoms with Crippen molar-refractivity contribution in [2.45, 2.75) is 26.5 Å². The zero-order valence-corrected chi connectivity index (χ0v) is 12.9. The molecule has 1 heterocycles. The van der Waals surface area contributed by atoms with Crippen molar-refractivity contribution in [3.8, 4) is 0 Å². The minimum atomic E-state index is -0.958. The molecule has 1 atom stereocenters. The third-order valence-electron chi connectivity index (χ3n) is 2.89. The van der Waals surface area contributed by atoms with E-state index in [1.54, 1.807) is 25.1 Å². The van der Waals surface area contributed by atoms with E-state index < -0.39 is 18.0 Å². The lowest BCUT2D eigenvalue weighted by molar-refractivity contribution is -0.129. The Balaban J connectivity index is 1.87. The van der Waals surface area contributed by atoms with Crippen LogP contribution in [-0.4, -0.2) is 23.1 Å². The van der Waals surface area contributed by atoms with Crippen molar-refractivity contribution in [1.29, 1.82) is 0 Å². The average molecular weight is 323 g/mol. The van der Waals surface area contributed by atoms with E-state index in [0.29, 0.717) is 10.7 Å². The topological polar surface area (TPSA) is 81.4 Å². The minimum Gasteiger partial charge on any atom is -0.447 e. The van der Waals surface area contributed by atoms with Gasteiger partial charge < -0.3 is 14.6 Å². The SMILES string of the molecule is Cc1cc(C(=O)O[C@H](C)C(=O)NCc2ccccc2Cl)on1. The third kappa shape index (κ3) is 4.08. The van der Waals surface area contributed by atoms with E-state index in [1.165, 1.54) is 13.0 Å². The molecule has 2 rings (SSSR count). The van der Waals surface area contributed by atoms with Gasteiger partial charge in [-0.1, -0.05) is 35.0 Å². The number of rotatable bonds is 5. The molecule has 7 heteroatoms. The summed E-state index contributed by atoms with van der Waals surface area (Å²) in [6.07, 6.45) is -0.958. The van der Waals surface area contributed by atoms with Gasteiger partial charge in [-0.2, -0.15) is 0 Å². The number of aryl methyl sites for hydroxylation is 1. The molecular weight excluding hydrogens is 308 g/mol. The number of carbonyl (C=O) groups is 2. The first-order valence-electron chi connectivity index (χ1n) is 6.63. The van der Waals surface area contributed by atoms with E-state index in [-0.39, 0.29) is 12.3 Å². The molecule has 0 saturated heterocycles. The normalized spacial score (nSPS) is 11.8. The van der Waals surface area contributed by atoms with Gasteiger partial charge in [0.05, 0.1) is 5.69 Å². The maximum atomic E-state index is 11.9. The number of nitrogens with zero attached hydrogens (tertiary/aromatic N) is 1. The monoisotopic (exact) mass is 322 g/mol. The van der Waals surface area contributed by atoms with E-state index >= 15 is 0 Å². The van der Waals surface area contributed by atoms with Crippen LogP contribution in [0.4, 0.5) is 0 Å². The first kappa shape index (κ1) is 16.0. The molecule has 0 aliphatic rings. The van der Waals surface area contributed by atoms with Gasteiger partial charge in [0, 0.05) is 17.6 Å². The summed E-state index contributed by atoms with van der Waals surface area (Å²) >= 11 is 6.00. The van der Waals surface area contributed by atoms with Crippen LogP contribution in [0.3, 0.4) is 0 Å². The van der Waals surface area contributed by atoms with Gasteiger partial charge in [0.25, 0.3) is 5.91 Å². The summed E-state index contributed by atoms with van der Waals surface area (Å²) in [6.45, 7) is 3.41. The summed E-state index contributed by atoms with van der Waals surface area (Å²) in [5, 5.41) is 6.80. The summed E-state index contributed by atoms with van der Waals surface area (Å²) < 4.78 is 9.79. The fourth-order valence-corrected chi connectivity index (χ4v) is 1.90. The molecule has 0 aliphatic heterocycles. The number of carbonyl (C=O) groups excluding carboxylic acids is 2. The van der Waals surface area contributed by atoms with Crippen LogP contribution < -0.4 is 5.32 Å². The van der Waals surface area contributed by atoms with Crippen LogP contribution in [0.2, 0.25) is 5.02 Å². The van der Waals surface area contributed by atoms with Crippen LogP contribution in [0.1, 0.15) is 28.7 Å². The molecule has 0 unspecified atom stereocenters. The molecule has 2 aromatic rings. The number of hydrogen-bond donors (Lipinski definition) is 1. The Hall–Kier alpha value is -2.34. The maximum absolute atomic E-state index is 11.9. The number of nitrogens with one attached hydrogen (secondary N) is 1. The lowest BCUT2D eigenvalue weighted by atomic mass is 10.2. The highest BCUT2D eigenvalue weighted by molar-refractivity contribution is 6.31. The summed E-state index contributed by atoms with van der Waals surface area (Å²) in [4.78, 5) is 23.7. The van der Waals surface area contributed by atoms with Gasteiger partial charge in [-0.05, 0) is 25.5 Å². The molecule has 1 amide bonds. The zero-order chi connectivity index (χ0) is 16.1. The highest BCUT2D eigenvalue weighted by atomic mass is 35.5. The Morgan fingerprint density at radius 2 is 2.14 bits per heavy atom. The predicted octanol–water partition coefficient (Wildman–Crippen LogP) is 2.50. The number of esters is 1.